The molecule has 2 heterocycles. The molecule has 46 heavy (non-hydrogen) atoms. The van der Waals surface area contributed by atoms with Gasteiger partial charge in [0.25, 0.3) is 0 Å². The van der Waals surface area contributed by atoms with E-state index in [9.17, 15) is 0 Å². The van der Waals surface area contributed by atoms with E-state index in [4.69, 9.17) is 0 Å². The lowest BCUT2D eigenvalue weighted by Crippen LogP contribution is -2.19. The third kappa shape index (κ3) is 3.26. The van der Waals surface area contributed by atoms with Crippen molar-refractivity contribution in [2.24, 2.45) is 0 Å². The SMILES string of the molecule is c1ccc2c(c1)Cc1cc(C3c4[nH]c5ccccc5c4C(c4ccc5c(c4)Cc4ccccc4-5)c4[nH]c5ccccc5c43)ccc1-2. The average Bonchev–Trinajstić information content (AvgIpc) is 3.86. The van der Waals surface area contributed by atoms with E-state index in [2.05, 4.69) is 143 Å². The van der Waals surface area contributed by atoms with Gasteiger partial charge in [-0.25, -0.2) is 0 Å². The van der Waals surface area contributed by atoms with Crippen LogP contribution in [-0.4, -0.2) is 9.97 Å². The topological polar surface area (TPSA) is 31.6 Å². The molecule has 6 aromatic carbocycles. The summed E-state index contributed by atoms with van der Waals surface area (Å²) in [6.45, 7) is 0. The van der Waals surface area contributed by atoms with Crippen LogP contribution in [-0.2, 0) is 12.8 Å². The van der Waals surface area contributed by atoms with Crippen molar-refractivity contribution >= 4 is 21.8 Å². The van der Waals surface area contributed by atoms with Gasteiger partial charge in [-0.05, 0) is 91.7 Å². The normalized spacial score (nSPS) is 17.0. The monoisotopic (exact) mass is 586 g/mol. The fourth-order valence-corrected chi connectivity index (χ4v) is 9.09. The highest BCUT2D eigenvalue weighted by Gasteiger charge is 2.40. The minimum absolute atomic E-state index is 0.0949. The van der Waals surface area contributed by atoms with E-state index in [1.54, 1.807) is 0 Å². The molecule has 0 radical (unpaired) electrons. The van der Waals surface area contributed by atoms with Crippen LogP contribution in [0.4, 0.5) is 0 Å². The van der Waals surface area contributed by atoms with Crippen molar-refractivity contribution in [3.05, 3.63) is 189 Å². The summed E-state index contributed by atoms with van der Waals surface area (Å²) in [6, 6.07) is 50.1. The molecule has 0 fully saturated rings. The molecule has 216 valence electrons. The number of aromatic amines is 2. The lowest BCUT2D eigenvalue weighted by molar-refractivity contribution is 0.800. The van der Waals surface area contributed by atoms with Crippen molar-refractivity contribution in [3.8, 4) is 22.3 Å². The highest BCUT2D eigenvalue weighted by Crippen LogP contribution is 2.54. The summed E-state index contributed by atoms with van der Waals surface area (Å²) in [5.74, 6) is 0.190. The summed E-state index contributed by atoms with van der Waals surface area (Å²) in [6.07, 6.45) is 1.99. The maximum Gasteiger partial charge on any atom is 0.0518 e. The highest BCUT2D eigenvalue weighted by atomic mass is 14.8. The first kappa shape index (κ1) is 24.7. The van der Waals surface area contributed by atoms with Crippen molar-refractivity contribution in [3.63, 3.8) is 0 Å². The van der Waals surface area contributed by atoms with Gasteiger partial charge in [0.15, 0.2) is 0 Å². The standard InChI is InChI=1S/C44H30N2/c1-3-11-31-25(9-1)21-29-23-27(17-19-33(29)31)39-41-35-13-5-7-15-37(35)46-44(41)40(42-36-14-6-8-16-38(36)45-43(39)42)28-18-20-34-30(24-28)22-26-10-2-4-12-32(26)34/h1-20,23-24,39-40,45-46H,21-22H2. The Morgan fingerprint density at radius 2 is 0.804 bits per heavy atom. The maximum atomic E-state index is 4.00. The number of aromatic nitrogens is 2. The van der Waals surface area contributed by atoms with Crippen molar-refractivity contribution in [1.82, 2.24) is 9.97 Å². The fourth-order valence-electron chi connectivity index (χ4n) is 9.09. The quantitative estimate of drug-likeness (QED) is 0.202. The molecule has 2 atom stereocenters. The second-order valence-electron chi connectivity index (χ2n) is 13.4. The van der Waals surface area contributed by atoms with Crippen molar-refractivity contribution in [2.75, 3.05) is 0 Å². The number of fused-ring (bicyclic) bond motifs is 12. The molecule has 3 aliphatic carbocycles. The van der Waals surface area contributed by atoms with Crippen LogP contribution in [0, 0.1) is 0 Å². The van der Waals surface area contributed by atoms with Gasteiger partial charge in [0, 0.05) is 33.2 Å². The van der Waals surface area contributed by atoms with E-state index >= 15 is 0 Å². The van der Waals surface area contributed by atoms with Gasteiger partial charge in [-0.3, -0.25) is 0 Å². The second-order valence-corrected chi connectivity index (χ2v) is 13.4. The number of para-hydroxylation sites is 2. The molecule has 0 saturated carbocycles. The summed E-state index contributed by atoms with van der Waals surface area (Å²) in [4.78, 5) is 7.99. The lowest BCUT2D eigenvalue weighted by atomic mass is 9.72. The first-order chi connectivity index (χ1) is 22.8. The van der Waals surface area contributed by atoms with E-state index in [0.717, 1.165) is 12.8 Å². The smallest absolute Gasteiger partial charge is 0.0518 e. The maximum absolute atomic E-state index is 4.00. The Labute approximate surface area is 267 Å². The van der Waals surface area contributed by atoms with Crippen LogP contribution in [0.15, 0.2) is 133 Å². The predicted molar refractivity (Wildman–Crippen MR) is 188 cm³/mol. The summed E-state index contributed by atoms with van der Waals surface area (Å²) in [5, 5.41) is 2.63. The zero-order valence-electron chi connectivity index (χ0n) is 25.3. The molecule has 0 saturated heterocycles. The van der Waals surface area contributed by atoms with E-state index in [0.29, 0.717) is 0 Å². The molecule has 2 nitrogen and oxygen atoms in total. The Morgan fingerprint density at radius 3 is 1.30 bits per heavy atom. The van der Waals surface area contributed by atoms with E-state index < -0.39 is 0 Å². The zero-order valence-corrected chi connectivity index (χ0v) is 25.3. The molecule has 11 rings (SSSR count). The lowest BCUT2D eigenvalue weighted by Gasteiger charge is -2.31. The third-order valence-electron chi connectivity index (χ3n) is 11.0. The molecule has 3 aliphatic rings. The third-order valence-corrected chi connectivity index (χ3v) is 11.0. The molecule has 2 heteroatoms. The summed E-state index contributed by atoms with van der Waals surface area (Å²) in [7, 11) is 0. The van der Waals surface area contributed by atoms with Crippen molar-refractivity contribution in [2.45, 2.75) is 24.7 Å². The van der Waals surface area contributed by atoms with Crippen molar-refractivity contribution < 1.29 is 0 Å². The van der Waals surface area contributed by atoms with E-state index in [-0.39, 0.29) is 11.8 Å². The summed E-state index contributed by atoms with van der Waals surface area (Å²) in [5.41, 5.74) is 21.8. The molecule has 8 aromatic rings. The van der Waals surface area contributed by atoms with Crippen LogP contribution in [0.3, 0.4) is 0 Å². The van der Waals surface area contributed by atoms with Crippen molar-refractivity contribution in [1.29, 1.82) is 0 Å². The number of rotatable bonds is 2. The first-order valence-electron chi connectivity index (χ1n) is 16.4. The molecule has 2 N–H and O–H groups in total. The molecular formula is C44H30N2. The molecule has 0 amide bonds. The largest absolute Gasteiger partial charge is 0.357 e. The second kappa shape index (κ2) is 8.99. The number of H-pyrrole nitrogens is 2. The Hall–Kier alpha value is -5.60. The molecule has 0 spiro atoms. The van der Waals surface area contributed by atoms with Gasteiger partial charge >= 0.3 is 0 Å². The number of benzene rings is 6. The van der Waals surface area contributed by atoms with Gasteiger partial charge < -0.3 is 9.97 Å². The molecule has 0 bridgehead atoms. The first-order valence-corrected chi connectivity index (χ1v) is 16.4. The molecular weight excluding hydrogens is 556 g/mol. The Bertz CT molecular complexity index is 2380. The highest BCUT2D eigenvalue weighted by molar-refractivity contribution is 5.93. The fraction of sp³-hybridized carbons (Fsp3) is 0.0909. The Balaban J connectivity index is 1.17. The van der Waals surface area contributed by atoms with Gasteiger partial charge in [0.1, 0.15) is 0 Å². The van der Waals surface area contributed by atoms with Gasteiger partial charge in [-0.15, -0.1) is 0 Å². The van der Waals surface area contributed by atoms with Crippen LogP contribution in [0.25, 0.3) is 44.1 Å². The van der Waals surface area contributed by atoms with E-state index in [1.807, 2.05) is 0 Å². The predicted octanol–water partition coefficient (Wildman–Crippen LogP) is 10.5. The number of hydrogen-bond donors (Lipinski definition) is 2. The van der Waals surface area contributed by atoms with Crippen LogP contribution >= 0.6 is 0 Å². The number of nitrogens with one attached hydrogen (secondary N) is 2. The number of hydrogen-bond acceptors (Lipinski definition) is 0. The summed E-state index contributed by atoms with van der Waals surface area (Å²) >= 11 is 0. The Morgan fingerprint density at radius 1 is 0.391 bits per heavy atom. The van der Waals surface area contributed by atoms with Gasteiger partial charge in [0.2, 0.25) is 0 Å². The van der Waals surface area contributed by atoms with Gasteiger partial charge in [-0.1, -0.05) is 121 Å². The van der Waals surface area contributed by atoms with Crippen LogP contribution in [0.5, 0.6) is 0 Å². The molecule has 0 aliphatic heterocycles. The van der Waals surface area contributed by atoms with Crippen LogP contribution < -0.4 is 0 Å². The minimum Gasteiger partial charge on any atom is -0.357 e. The average molecular weight is 587 g/mol. The van der Waals surface area contributed by atoms with Gasteiger partial charge in [-0.2, -0.15) is 0 Å². The zero-order chi connectivity index (χ0) is 29.9. The Kier molecular flexibility index (Phi) is 4.82. The molecule has 2 unspecified atom stereocenters. The van der Waals surface area contributed by atoms with E-state index in [1.165, 1.54) is 100.0 Å². The van der Waals surface area contributed by atoms with Crippen LogP contribution in [0.1, 0.15) is 67.7 Å². The molecule has 2 aromatic heterocycles. The van der Waals surface area contributed by atoms with Crippen LogP contribution in [0.2, 0.25) is 0 Å². The van der Waals surface area contributed by atoms with Gasteiger partial charge in [0.05, 0.1) is 11.8 Å². The minimum atomic E-state index is 0.0949. The summed E-state index contributed by atoms with van der Waals surface area (Å²) < 4.78 is 0.